The van der Waals surface area contributed by atoms with Crippen molar-refractivity contribution in [2.75, 3.05) is 0 Å². The summed E-state index contributed by atoms with van der Waals surface area (Å²) in [6.07, 6.45) is -4.91. The van der Waals surface area contributed by atoms with Crippen LogP contribution in [0.5, 0.6) is 0 Å². The lowest BCUT2D eigenvalue weighted by Gasteiger charge is -2.28. The molecular formula is C19H14F3NO3. The Morgan fingerprint density at radius 2 is 1.58 bits per heavy atom. The second-order valence-corrected chi connectivity index (χ2v) is 5.98. The van der Waals surface area contributed by atoms with Crippen LogP contribution < -0.4 is 5.32 Å². The number of ketones is 2. The number of amides is 1. The molecule has 1 amide bonds. The van der Waals surface area contributed by atoms with Crippen LogP contribution in [0.4, 0.5) is 13.2 Å². The van der Waals surface area contributed by atoms with Crippen LogP contribution in [-0.2, 0) is 15.8 Å². The van der Waals surface area contributed by atoms with Crippen molar-refractivity contribution in [3.05, 3.63) is 71.3 Å². The van der Waals surface area contributed by atoms with E-state index in [-0.39, 0.29) is 6.42 Å². The quantitative estimate of drug-likeness (QED) is 0.674. The van der Waals surface area contributed by atoms with E-state index in [1.54, 1.807) is 30.3 Å². The number of hydrogen-bond donors (Lipinski definition) is 1. The van der Waals surface area contributed by atoms with Crippen LogP contribution in [0, 0.1) is 5.92 Å². The molecule has 134 valence electrons. The van der Waals surface area contributed by atoms with Crippen LogP contribution in [0.2, 0.25) is 0 Å². The van der Waals surface area contributed by atoms with E-state index in [2.05, 4.69) is 5.32 Å². The van der Waals surface area contributed by atoms with Crippen LogP contribution in [-0.4, -0.2) is 17.5 Å². The molecule has 2 atom stereocenters. The fraction of sp³-hybridized carbons (Fsp3) is 0.211. The monoisotopic (exact) mass is 361 g/mol. The molecule has 3 rings (SSSR count). The molecule has 2 aromatic carbocycles. The molecule has 0 spiro atoms. The molecule has 4 nitrogen and oxygen atoms in total. The Hall–Kier alpha value is -2.96. The normalized spacial score (nSPS) is 20.6. The number of halogens is 3. The van der Waals surface area contributed by atoms with Gasteiger partial charge in [-0.05, 0) is 11.6 Å². The molecule has 0 radical (unpaired) electrons. The van der Waals surface area contributed by atoms with Gasteiger partial charge in [0.05, 0.1) is 11.6 Å². The van der Waals surface area contributed by atoms with Gasteiger partial charge in [0, 0.05) is 12.0 Å². The maximum Gasteiger partial charge on any atom is 0.417 e. The Morgan fingerprint density at radius 3 is 2.19 bits per heavy atom. The van der Waals surface area contributed by atoms with Gasteiger partial charge < -0.3 is 5.32 Å². The third-order valence-electron chi connectivity index (χ3n) is 4.27. The molecule has 1 heterocycles. The molecule has 0 aliphatic carbocycles. The highest BCUT2D eigenvalue weighted by atomic mass is 19.4. The molecule has 0 bridgehead atoms. The lowest BCUT2D eigenvalue weighted by Crippen LogP contribution is -2.48. The number of nitrogens with one attached hydrogen (secondary N) is 1. The topological polar surface area (TPSA) is 63.2 Å². The molecule has 26 heavy (non-hydrogen) atoms. The number of Topliss-reactive ketones (excluding diaryl/α,β-unsaturated/α-hetero) is 2. The summed E-state index contributed by atoms with van der Waals surface area (Å²) in [4.78, 5) is 37.3. The van der Waals surface area contributed by atoms with Crippen LogP contribution in [0.1, 0.15) is 33.9 Å². The fourth-order valence-electron chi connectivity index (χ4n) is 3.02. The number of carbonyl (C=O) groups excluding carboxylic acids is 3. The Balaban J connectivity index is 1.89. The Kier molecular flexibility index (Phi) is 4.63. The van der Waals surface area contributed by atoms with E-state index in [1.165, 1.54) is 6.07 Å². The highest BCUT2D eigenvalue weighted by Gasteiger charge is 2.43. The summed E-state index contributed by atoms with van der Waals surface area (Å²) >= 11 is 0. The van der Waals surface area contributed by atoms with Gasteiger partial charge in [0.1, 0.15) is 0 Å². The van der Waals surface area contributed by atoms with Crippen LogP contribution in [0.15, 0.2) is 54.6 Å². The summed E-state index contributed by atoms with van der Waals surface area (Å²) in [5, 5.41) is 2.56. The summed E-state index contributed by atoms with van der Waals surface area (Å²) in [7, 11) is 0. The highest BCUT2D eigenvalue weighted by Crippen LogP contribution is 2.34. The van der Waals surface area contributed by atoms with E-state index in [0.29, 0.717) is 5.56 Å². The summed E-state index contributed by atoms with van der Waals surface area (Å²) in [6, 6.07) is 12.2. The van der Waals surface area contributed by atoms with Gasteiger partial charge in [-0.1, -0.05) is 48.5 Å². The van der Waals surface area contributed by atoms with Crippen molar-refractivity contribution < 1.29 is 27.6 Å². The van der Waals surface area contributed by atoms with Gasteiger partial charge in [0.15, 0.2) is 17.5 Å². The van der Waals surface area contributed by atoms with E-state index in [1.807, 2.05) is 0 Å². The highest BCUT2D eigenvalue weighted by molar-refractivity contribution is 6.25. The molecule has 0 saturated carbocycles. The molecule has 0 aromatic heterocycles. The van der Waals surface area contributed by atoms with Gasteiger partial charge >= 0.3 is 6.18 Å². The predicted molar refractivity (Wildman–Crippen MR) is 86.2 cm³/mol. The minimum absolute atomic E-state index is 0.152. The van der Waals surface area contributed by atoms with Crippen molar-refractivity contribution in [2.45, 2.75) is 18.6 Å². The lowest BCUT2D eigenvalue weighted by molar-refractivity contribution is -0.139. The first-order valence-corrected chi connectivity index (χ1v) is 7.87. The third kappa shape index (κ3) is 3.37. The summed E-state index contributed by atoms with van der Waals surface area (Å²) in [5.41, 5.74) is -1.14. The number of alkyl halides is 3. The minimum Gasteiger partial charge on any atom is -0.348 e. The zero-order chi connectivity index (χ0) is 18.9. The molecular weight excluding hydrogens is 347 g/mol. The minimum atomic E-state index is -4.76. The van der Waals surface area contributed by atoms with E-state index in [9.17, 15) is 27.6 Å². The van der Waals surface area contributed by atoms with Gasteiger partial charge in [0.25, 0.3) is 0 Å². The predicted octanol–water partition coefficient (Wildman–Crippen LogP) is 3.33. The second-order valence-electron chi connectivity index (χ2n) is 5.98. The molecule has 1 N–H and O–H groups in total. The van der Waals surface area contributed by atoms with Gasteiger partial charge in [0.2, 0.25) is 5.91 Å². The first-order chi connectivity index (χ1) is 12.3. The zero-order valence-electron chi connectivity index (χ0n) is 13.4. The average molecular weight is 361 g/mol. The SMILES string of the molecule is O=C1CC(c2ccccc2)NC(=O)C1C(=O)c1ccccc1C(F)(F)F. The van der Waals surface area contributed by atoms with E-state index >= 15 is 0 Å². The number of piperidine rings is 1. The Morgan fingerprint density at radius 1 is 0.962 bits per heavy atom. The van der Waals surface area contributed by atoms with Crippen molar-refractivity contribution in [2.24, 2.45) is 5.92 Å². The van der Waals surface area contributed by atoms with E-state index < -0.39 is 46.7 Å². The molecule has 1 aliphatic rings. The fourth-order valence-corrected chi connectivity index (χ4v) is 3.02. The van der Waals surface area contributed by atoms with E-state index in [0.717, 1.165) is 18.2 Å². The van der Waals surface area contributed by atoms with Crippen molar-refractivity contribution >= 4 is 17.5 Å². The number of benzene rings is 2. The number of carbonyl (C=O) groups is 3. The summed E-state index contributed by atoms with van der Waals surface area (Å²) in [5.74, 6) is -4.47. The maximum atomic E-state index is 13.1. The molecule has 1 saturated heterocycles. The van der Waals surface area contributed by atoms with Crippen molar-refractivity contribution in [1.29, 1.82) is 0 Å². The van der Waals surface area contributed by atoms with Crippen molar-refractivity contribution in [3.8, 4) is 0 Å². The summed E-state index contributed by atoms with van der Waals surface area (Å²) < 4.78 is 39.3. The maximum absolute atomic E-state index is 13.1. The van der Waals surface area contributed by atoms with Crippen LogP contribution in [0.25, 0.3) is 0 Å². The van der Waals surface area contributed by atoms with Gasteiger partial charge in [-0.3, -0.25) is 14.4 Å². The number of hydrogen-bond acceptors (Lipinski definition) is 3. The van der Waals surface area contributed by atoms with Crippen LogP contribution >= 0.6 is 0 Å². The smallest absolute Gasteiger partial charge is 0.348 e. The summed E-state index contributed by atoms with van der Waals surface area (Å²) in [6.45, 7) is 0. The van der Waals surface area contributed by atoms with Crippen molar-refractivity contribution in [3.63, 3.8) is 0 Å². The number of rotatable bonds is 3. The largest absolute Gasteiger partial charge is 0.417 e. The van der Waals surface area contributed by atoms with Gasteiger partial charge in [-0.2, -0.15) is 13.2 Å². The molecule has 2 aromatic rings. The van der Waals surface area contributed by atoms with Crippen molar-refractivity contribution in [1.82, 2.24) is 5.32 Å². The van der Waals surface area contributed by atoms with E-state index in [4.69, 9.17) is 0 Å². The van der Waals surface area contributed by atoms with Gasteiger partial charge in [-0.15, -0.1) is 0 Å². The molecule has 1 fully saturated rings. The average Bonchev–Trinajstić information content (AvgIpc) is 2.61. The first kappa shape index (κ1) is 17.8. The first-order valence-electron chi connectivity index (χ1n) is 7.87. The van der Waals surface area contributed by atoms with Gasteiger partial charge in [-0.25, -0.2) is 0 Å². The Bertz CT molecular complexity index is 844. The standard InChI is InChI=1S/C19H14F3NO3/c20-19(21,22)13-9-5-4-8-12(13)17(25)16-15(24)10-14(23-18(16)26)11-6-2-1-3-7-11/h1-9,14,16H,10H2,(H,23,26). The zero-order valence-corrected chi connectivity index (χ0v) is 13.4. The molecule has 2 unspecified atom stereocenters. The van der Waals surface area contributed by atoms with Crippen LogP contribution in [0.3, 0.4) is 0 Å². The Labute approximate surface area is 147 Å². The lowest BCUT2D eigenvalue weighted by atomic mass is 9.83. The third-order valence-corrected chi connectivity index (χ3v) is 4.27. The molecule has 7 heteroatoms. The molecule has 1 aliphatic heterocycles. The second kappa shape index (κ2) is 6.74.